The van der Waals surface area contributed by atoms with Gasteiger partial charge in [-0.2, -0.15) is 0 Å². The molecule has 4 heterocycles. The molecule has 2 aliphatic heterocycles. The van der Waals surface area contributed by atoms with Crippen LogP contribution < -0.4 is 0 Å². The minimum Gasteiger partial charge on any atom is -0.337 e. The Hall–Kier alpha value is -2.34. The van der Waals surface area contributed by atoms with Crippen molar-refractivity contribution in [2.45, 2.75) is 13.0 Å². The van der Waals surface area contributed by atoms with E-state index in [2.05, 4.69) is 25.9 Å². The minimum atomic E-state index is 0.00438. The van der Waals surface area contributed by atoms with Crippen molar-refractivity contribution in [2.24, 2.45) is 11.8 Å². The van der Waals surface area contributed by atoms with Crippen LogP contribution >= 0.6 is 0 Å². The van der Waals surface area contributed by atoms with Gasteiger partial charge in [-0.25, -0.2) is 4.98 Å². The topological polar surface area (TPSA) is 62.2 Å². The normalized spacial score (nSPS) is 23.9. The first-order valence-corrected chi connectivity index (χ1v) is 8.47. The van der Waals surface area contributed by atoms with Gasteiger partial charge in [0, 0.05) is 51.3 Å². The summed E-state index contributed by atoms with van der Waals surface area (Å²) in [4.78, 5) is 29.5. The van der Waals surface area contributed by atoms with Crippen LogP contribution in [0.5, 0.6) is 0 Å². The minimum absolute atomic E-state index is 0.00438. The Morgan fingerprint density at radius 1 is 1.08 bits per heavy atom. The van der Waals surface area contributed by atoms with E-state index in [1.807, 2.05) is 23.2 Å². The standard InChI is InChI=1S/C18H21N5O/c24-18(17-9-19-6-7-21-17)23-8-4-14-10-22(11-15(14)12-23)13-16-3-1-2-5-20-16/h1-3,5-7,9,14-15H,4,8,10-13H2/t14-,15-/m0/s1. The van der Waals surface area contributed by atoms with Crippen LogP contribution in [0.2, 0.25) is 0 Å². The van der Waals surface area contributed by atoms with Crippen LogP contribution in [0.1, 0.15) is 22.6 Å². The lowest BCUT2D eigenvalue weighted by Crippen LogP contribution is -2.43. The molecule has 24 heavy (non-hydrogen) atoms. The van der Waals surface area contributed by atoms with E-state index < -0.39 is 0 Å². The van der Waals surface area contributed by atoms with E-state index in [0.29, 0.717) is 17.5 Å². The van der Waals surface area contributed by atoms with Crippen LogP contribution in [0, 0.1) is 11.8 Å². The number of hydrogen-bond acceptors (Lipinski definition) is 5. The van der Waals surface area contributed by atoms with Crippen LogP contribution in [0.4, 0.5) is 0 Å². The number of carbonyl (C=O) groups excluding carboxylic acids is 1. The quantitative estimate of drug-likeness (QED) is 0.856. The van der Waals surface area contributed by atoms with Gasteiger partial charge in [-0.05, 0) is 30.4 Å². The summed E-state index contributed by atoms with van der Waals surface area (Å²) in [7, 11) is 0. The number of piperidine rings is 1. The summed E-state index contributed by atoms with van der Waals surface area (Å²) in [5, 5.41) is 0. The van der Waals surface area contributed by atoms with Gasteiger partial charge in [-0.1, -0.05) is 6.07 Å². The second-order valence-electron chi connectivity index (χ2n) is 6.67. The molecule has 0 bridgehead atoms. The number of aromatic nitrogens is 3. The molecule has 0 unspecified atom stereocenters. The van der Waals surface area contributed by atoms with E-state index in [0.717, 1.165) is 44.8 Å². The van der Waals surface area contributed by atoms with Gasteiger partial charge in [0.15, 0.2) is 0 Å². The lowest BCUT2D eigenvalue weighted by molar-refractivity contribution is 0.0635. The lowest BCUT2D eigenvalue weighted by atomic mass is 9.88. The molecule has 2 aromatic heterocycles. The SMILES string of the molecule is O=C(c1cnccn1)N1CC[C@H]2CN(Cc3ccccn3)C[C@H]2C1. The highest BCUT2D eigenvalue weighted by Gasteiger charge is 2.38. The van der Waals surface area contributed by atoms with Crippen molar-refractivity contribution >= 4 is 5.91 Å². The first-order chi connectivity index (χ1) is 11.8. The predicted molar refractivity (Wildman–Crippen MR) is 89.0 cm³/mol. The van der Waals surface area contributed by atoms with Gasteiger partial charge in [0.1, 0.15) is 5.69 Å². The molecule has 4 rings (SSSR count). The number of hydrogen-bond donors (Lipinski definition) is 0. The van der Waals surface area contributed by atoms with Gasteiger partial charge in [0.25, 0.3) is 5.91 Å². The Morgan fingerprint density at radius 2 is 2.00 bits per heavy atom. The summed E-state index contributed by atoms with van der Waals surface area (Å²) >= 11 is 0. The number of likely N-dealkylation sites (tertiary alicyclic amines) is 2. The molecule has 1 amide bonds. The maximum Gasteiger partial charge on any atom is 0.274 e. The van der Waals surface area contributed by atoms with Gasteiger partial charge in [-0.15, -0.1) is 0 Å². The zero-order valence-corrected chi connectivity index (χ0v) is 13.6. The van der Waals surface area contributed by atoms with Gasteiger partial charge in [-0.3, -0.25) is 19.7 Å². The van der Waals surface area contributed by atoms with Crippen molar-refractivity contribution in [3.05, 3.63) is 54.4 Å². The molecule has 6 nitrogen and oxygen atoms in total. The summed E-state index contributed by atoms with van der Waals surface area (Å²) in [5.41, 5.74) is 1.56. The van der Waals surface area contributed by atoms with E-state index in [1.54, 1.807) is 18.6 Å². The molecule has 2 fully saturated rings. The fraction of sp³-hybridized carbons (Fsp3) is 0.444. The Bertz CT molecular complexity index is 693. The van der Waals surface area contributed by atoms with E-state index >= 15 is 0 Å². The number of fused-ring (bicyclic) bond motifs is 1. The third-order valence-corrected chi connectivity index (χ3v) is 5.06. The van der Waals surface area contributed by atoms with Crippen LogP contribution in [0.3, 0.4) is 0 Å². The van der Waals surface area contributed by atoms with Gasteiger partial charge in [0.05, 0.1) is 11.9 Å². The number of carbonyl (C=O) groups is 1. The predicted octanol–water partition coefficient (Wildman–Crippen LogP) is 1.47. The van der Waals surface area contributed by atoms with Crippen molar-refractivity contribution in [3.8, 4) is 0 Å². The number of pyridine rings is 1. The van der Waals surface area contributed by atoms with Gasteiger partial charge < -0.3 is 4.90 Å². The summed E-state index contributed by atoms with van der Waals surface area (Å²) in [5.74, 6) is 1.23. The monoisotopic (exact) mass is 323 g/mol. The maximum atomic E-state index is 12.6. The molecule has 0 saturated carbocycles. The van der Waals surface area contributed by atoms with Crippen LogP contribution in [-0.2, 0) is 6.54 Å². The first kappa shape index (κ1) is 15.2. The van der Waals surface area contributed by atoms with Crippen molar-refractivity contribution in [1.29, 1.82) is 0 Å². The molecule has 0 spiro atoms. The molecule has 0 aromatic carbocycles. The van der Waals surface area contributed by atoms with Crippen molar-refractivity contribution in [2.75, 3.05) is 26.2 Å². The third-order valence-electron chi connectivity index (χ3n) is 5.06. The fourth-order valence-corrected chi connectivity index (χ4v) is 3.87. The van der Waals surface area contributed by atoms with Crippen LogP contribution in [0.15, 0.2) is 43.0 Å². The van der Waals surface area contributed by atoms with E-state index in [1.165, 1.54) is 0 Å². The highest BCUT2D eigenvalue weighted by atomic mass is 16.2. The molecule has 124 valence electrons. The van der Waals surface area contributed by atoms with Crippen LogP contribution in [0.25, 0.3) is 0 Å². The smallest absolute Gasteiger partial charge is 0.274 e. The highest BCUT2D eigenvalue weighted by Crippen LogP contribution is 2.32. The second kappa shape index (κ2) is 6.65. The third kappa shape index (κ3) is 3.14. The Labute approximate surface area is 141 Å². The maximum absolute atomic E-state index is 12.6. The molecule has 2 atom stereocenters. The van der Waals surface area contributed by atoms with Crippen molar-refractivity contribution in [1.82, 2.24) is 24.8 Å². The molecule has 0 radical (unpaired) electrons. The Morgan fingerprint density at radius 3 is 2.79 bits per heavy atom. The lowest BCUT2D eigenvalue weighted by Gasteiger charge is -2.34. The van der Waals surface area contributed by atoms with E-state index in [9.17, 15) is 4.79 Å². The van der Waals surface area contributed by atoms with E-state index in [4.69, 9.17) is 0 Å². The number of rotatable bonds is 3. The van der Waals surface area contributed by atoms with E-state index in [-0.39, 0.29) is 5.91 Å². The average molecular weight is 323 g/mol. The van der Waals surface area contributed by atoms with Crippen LogP contribution in [-0.4, -0.2) is 56.8 Å². The van der Waals surface area contributed by atoms with Gasteiger partial charge in [0.2, 0.25) is 0 Å². The molecule has 0 N–H and O–H groups in total. The summed E-state index contributed by atoms with van der Waals surface area (Å²) in [6.07, 6.45) is 7.63. The summed E-state index contributed by atoms with van der Waals surface area (Å²) in [6, 6.07) is 6.06. The van der Waals surface area contributed by atoms with Gasteiger partial charge >= 0.3 is 0 Å². The van der Waals surface area contributed by atoms with Crippen molar-refractivity contribution in [3.63, 3.8) is 0 Å². The summed E-state index contributed by atoms with van der Waals surface area (Å²) in [6.45, 7) is 4.67. The molecule has 0 aliphatic carbocycles. The molecule has 2 saturated heterocycles. The largest absolute Gasteiger partial charge is 0.337 e. The first-order valence-electron chi connectivity index (χ1n) is 8.47. The Balaban J connectivity index is 1.38. The second-order valence-corrected chi connectivity index (χ2v) is 6.67. The fourth-order valence-electron chi connectivity index (χ4n) is 3.87. The summed E-state index contributed by atoms with van der Waals surface area (Å²) < 4.78 is 0. The molecule has 2 aliphatic rings. The molecule has 2 aromatic rings. The molecular weight excluding hydrogens is 302 g/mol. The zero-order valence-electron chi connectivity index (χ0n) is 13.6. The number of nitrogens with zero attached hydrogens (tertiary/aromatic N) is 5. The Kier molecular flexibility index (Phi) is 4.21. The zero-order chi connectivity index (χ0) is 16.4. The average Bonchev–Trinajstić information content (AvgIpc) is 3.04. The highest BCUT2D eigenvalue weighted by molar-refractivity contribution is 5.92. The molecule has 6 heteroatoms. The van der Waals surface area contributed by atoms with Crippen molar-refractivity contribution < 1.29 is 4.79 Å². The number of amides is 1. The molecular formula is C18H21N5O.